The summed E-state index contributed by atoms with van der Waals surface area (Å²) in [6, 6.07) is 16.2. The van der Waals surface area contributed by atoms with Crippen molar-refractivity contribution < 1.29 is 4.74 Å². The minimum atomic E-state index is -0.0531. The molecule has 1 N–H and O–H groups in total. The number of pyridine rings is 1. The molecule has 0 bridgehead atoms. The van der Waals surface area contributed by atoms with Crippen LogP contribution in [0.3, 0.4) is 0 Å². The predicted octanol–water partition coefficient (Wildman–Crippen LogP) is 4.45. The van der Waals surface area contributed by atoms with Gasteiger partial charge in [0.25, 0.3) is 0 Å². The maximum atomic E-state index is 6.24. The smallest absolute Gasteiger partial charge is 0.170 e. The van der Waals surface area contributed by atoms with Crippen molar-refractivity contribution in [2.45, 2.75) is 19.0 Å². The summed E-state index contributed by atoms with van der Waals surface area (Å²) in [7, 11) is 1.71. The SMILES string of the molecule is COCCN1C(=S)N[C@H](c2ccccn2)[C@H]1c1cccn1-c1ccc(Cl)c(C)c1. The van der Waals surface area contributed by atoms with E-state index in [0.29, 0.717) is 18.3 Å². The Bertz CT molecular complexity index is 1010. The van der Waals surface area contributed by atoms with Crippen molar-refractivity contribution in [3.8, 4) is 5.69 Å². The van der Waals surface area contributed by atoms with Crippen molar-refractivity contribution in [3.63, 3.8) is 0 Å². The van der Waals surface area contributed by atoms with Gasteiger partial charge < -0.3 is 19.5 Å². The van der Waals surface area contributed by atoms with E-state index >= 15 is 0 Å². The second-order valence-corrected chi connectivity index (χ2v) is 7.84. The number of halogens is 1. The molecule has 1 fully saturated rings. The molecule has 7 heteroatoms. The van der Waals surface area contributed by atoms with Crippen LogP contribution in [0, 0.1) is 6.92 Å². The molecule has 0 spiro atoms. The Kier molecular flexibility index (Phi) is 5.85. The van der Waals surface area contributed by atoms with E-state index in [4.69, 9.17) is 28.6 Å². The molecule has 1 aromatic carbocycles. The average Bonchev–Trinajstić information content (AvgIpc) is 3.33. The van der Waals surface area contributed by atoms with Gasteiger partial charge in [0.05, 0.1) is 24.4 Å². The Morgan fingerprint density at radius 3 is 2.79 bits per heavy atom. The first kappa shape index (κ1) is 19.9. The lowest BCUT2D eigenvalue weighted by molar-refractivity contribution is 0.163. The second kappa shape index (κ2) is 8.53. The molecule has 0 saturated carbocycles. The summed E-state index contributed by atoms with van der Waals surface area (Å²) in [6.07, 6.45) is 3.89. The Hall–Kier alpha value is -2.41. The zero-order chi connectivity index (χ0) is 20.4. The van der Waals surface area contributed by atoms with Gasteiger partial charge in [-0.1, -0.05) is 17.7 Å². The number of benzene rings is 1. The van der Waals surface area contributed by atoms with E-state index in [9.17, 15) is 0 Å². The highest BCUT2D eigenvalue weighted by atomic mass is 35.5. The molecule has 0 radical (unpaired) electrons. The van der Waals surface area contributed by atoms with Gasteiger partial charge >= 0.3 is 0 Å². The number of aromatic nitrogens is 2. The maximum absolute atomic E-state index is 6.24. The van der Waals surface area contributed by atoms with Gasteiger partial charge in [-0.25, -0.2) is 0 Å². The summed E-state index contributed by atoms with van der Waals surface area (Å²) >= 11 is 11.9. The summed E-state index contributed by atoms with van der Waals surface area (Å²) in [5.74, 6) is 0. The van der Waals surface area contributed by atoms with Crippen LogP contribution in [0.2, 0.25) is 5.02 Å². The summed E-state index contributed by atoms with van der Waals surface area (Å²) < 4.78 is 7.53. The minimum Gasteiger partial charge on any atom is -0.383 e. The molecule has 2 atom stereocenters. The van der Waals surface area contributed by atoms with Crippen molar-refractivity contribution >= 4 is 28.9 Å². The average molecular weight is 427 g/mol. The third-order valence-electron chi connectivity index (χ3n) is 5.24. The van der Waals surface area contributed by atoms with Gasteiger partial charge in [0.1, 0.15) is 0 Å². The van der Waals surface area contributed by atoms with Crippen LogP contribution >= 0.6 is 23.8 Å². The molecule has 0 unspecified atom stereocenters. The molecule has 3 aromatic rings. The first-order chi connectivity index (χ1) is 14.1. The highest BCUT2D eigenvalue weighted by Gasteiger charge is 2.41. The third kappa shape index (κ3) is 3.88. The lowest BCUT2D eigenvalue weighted by Crippen LogP contribution is -2.33. The first-order valence-corrected chi connectivity index (χ1v) is 10.3. The predicted molar refractivity (Wildman–Crippen MR) is 120 cm³/mol. The van der Waals surface area contributed by atoms with Crippen molar-refractivity contribution in [1.82, 2.24) is 19.8 Å². The fourth-order valence-corrected chi connectivity index (χ4v) is 4.26. The van der Waals surface area contributed by atoms with E-state index in [1.54, 1.807) is 7.11 Å². The summed E-state index contributed by atoms with van der Waals surface area (Å²) in [5.41, 5.74) is 4.20. The van der Waals surface area contributed by atoms with E-state index in [1.165, 1.54) is 0 Å². The van der Waals surface area contributed by atoms with Crippen LogP contribution in [-0.2, 0) is 4.74 Å². The van der Waals surface area contributed by atoms with Crippen molar-refractivity contribution in [3.05, 3.63) is 82.9 Å². The van der Waals surface area contributed by atoms with Crippen LogP contribution in [-0.4, -0.2) is 39.8 Å². The highest BCUT2D eigenvalue weighted by Crippen LogP contribution is 2.39. The topological polar surface area (TPSA) is 42.3 Å². The summed E-state index contributed by atoms with van der Waals surface area (Å²) in [5, 5.41) is 4.95. The number of hydrogen-bond donors (Lipinski definition) is 1. The molecule has 1 saturated heterocycles. The molecule has 0 aliphatic carbocycles. The van der Waals surface area contributed by atoms with Crippen LogP contribution < -0.4 is 5.32 Å². The van der Waals surface area contributed by atoms with Crippen LogP contribution in [0.5, 0.6) is 0 Å². The number of aryl methyl sites for hydroxylation is 1. The number of rotatable bonds is 6. The summed E-state index contributed by atoms with van der Waals surface area (Å²) in [4.78, 5) is 6.78. The fraction of sp³-hybridized carbons (Fsp3) is 0.273. The minimum absolute atomic E-state index is 0.0152. The third-order valence-corrected chi connectivity index (χ3v) is 6.01. The molecular formula is C22H23ClN4OS. The molecule has 0 amide bonds. The normalized spacial score (nSPS) is 18.9. The van der Waals surface area contributed by atoms with Crippen molar-refractivity contribution in [1.29, 1.82) is 0 Å². The van der Waals surface area contributed by atoms with Gasteiger partial charge in [0, 0.05) is 42.5 Å². The second-order valence-electron chi connectivity index (χ2n) is 7.05. The molecule has 1 aliphatic rings. The van der Waals surface area contributed by atoms with Crippen molar-refractivity contribution in [2.24, 2.45) is 0 Å². The highest BCUT2D eigenvalue weighted by molar-refractivity contribution is 7.80. The standard InChI is InChI=1S/C22H23ClN4OS/c1-15-14-16(8-9-17(15)23)26-11-5-7-19(26)21-20(18-6-3-4-10-24-18)25-22(29)27(21)12-13-28-2/h3-11,14,20-21H,12-13H2,1-2H3,(H,25,29)/t20-,21-/m1/s1. The van der Waals surface area contributed by atoms with Crippen molar-refractivity contribution in [2.75, 3.05) is 20.3 Å². The Balaban J connectivity index is 1.79. The van der Waals surface area contributed by atoms with Gasteiger partial charge in [0.15, 0.2) is 5.11 Å². The molecule has 3 heterocycles. The number of nitrogens with zero attached hydrogens (tertiary/aromatic N) is 3. The Morgan fingerprint density at radius 2 is 2.07 bits per heavy atom. The lowest BCUT2D eigenvalue weighted by atomic mass is 10.0. The molecular weight excluding hydrogens is 404 g/mol. The van der Waals surface area contributed by atoms with Gasteiger partial charge in [0.2, 0.25) is 0 Å². The maximum Gasteiger partial charge on any atom is 0.170 e. The van der Waals surface area contributed by atoms with Crippen LogP contribution in [0.4, 0.5) is 0 Å². The number of thiocarbonyl (C=S) groups is 1. The largest absolute Gasteiger partial charge is 0.383 e. The van der Waals surface area contributed by atoms with Gasteiger partial charge in [-0.15, -0.1) is 0 Å². The van der Waals surface area contributed by atoms with E-state index in [-0.39, 0.29) is 12.1 Å². The molecule has 5 nitrogen and oxygen atoms in total. The van der Waals surface area contributed by atoms with E-state index in [0.717, 1.165) is 27.7 Å². The first-order valence-electron chi connectivity index (χ1n) is 9.51. The Labute approximate surface area is 181 Å². The molecule has 1 aliphatic heterocycles. The van der Waals surface area contributed by atoms with E-state index < -0.39 is 0 Å². The molecule has 150 valence electrons. The molecule has 4 rings (SSSR count). The monoisotopic (exact) mass is 426 g/mol. The molecule has 2 aromatic heterocycles. The summed E-state index contributed by atoms with van der Waals surface area (Å²) in [6.45, 7) is 3.30. The van der Waals surface area contributed by atoms with E-state index in [1.807, 2.05) is 43.5 Å². The van der Waals surface area contributed by atoms with E-state index in [2.05, 4.69) is 44.2 Å². The Morgan fingerprint density at radius 1 is 1.21 bits per heavy atom. The zero-order valence-corrected chi connectivity index (χ0v) is 18.0. The van der Waals surface area contributed by atoms with Crippen LogP contribution in [0.15, 0.2) is 60.9 Å². The van der Waals surface area contributed by atoms with Gasteiger partial charge in [-0.2, -0.15) is 0 Å². The number of nitrogens with one attached hydrogen (secondary N) is 1. The van der Waals surface area contributed by atoms with Crippen LogP contribution in [0.1, 0.15) is 29.0 Å². The quantitative estimate of drug-likeness (QED) is 0.590. The zero-order valence-electron chi connectivity index (χ0n) is 16.4. The number of hydrogen-bond acceptors (Lipinski definition) is 3. The van der Waals surface area contributed by atoms with Gasteiger partial charge in [-0.3, -0.25) is 4.98 Å². The fourth-order valence-electron chi connectivity index (χ4n) is 3.81. The van der Waals surface area contributed by atoms with Gasteiger partial charge in [-0.05, 0) is 67.2 Å². The van der Waals surface area contributed by atoms with Crippen LogP contribution in [0.25, 0.3) is 5.69 Å². The number of methoxy groups -OCH3 is 1. The lowest BCUT2D eigenvalue weighted by Gasteiger charge is -2.28. The number of ether oxygens (including phenoxy) is 1. The molecule has 29 heavy (non-hydrogen) atoms.